The lowest BCUT2D eigenvalue weighted by atomic mass is 9.96. The first kappa shape index (κ1) is 15.2. The molecule has 0 amide bonds. The highest BCUT2D eigenvalue weighted by Gasteiger charge is 2.24. The lowest BCUT2D eigenvalue weighted by Crippen LogP contribution is -2.27. The summed E-state index contributed by atoms with van der Waals surface area (Å²) in [6.45, 7) is 4.36. The summed E-state index contributed by atoms with van der Waals surface area (Å²) in [6, 6.07) is 9.29. The van der Waals surface area contributed by atoms with E-state index in [9.17, 15) is 0 Å². The van der Waals surface area contributed by atoms with E-state index in [1.165, 1.54) is 63.9 Å². The van der Waals surface area contributed by atoms with Crippen molar-refractivity contribution < 1.29 is 0 Å². The van der Waals surface area contributed by atoms with Crippen molar-refractivity contribution in [2.45, 2.75) is 45.6 Å². The summed E-state index contributed by atoms with van der Waals surface area (Å²) >= 11 is 0. The normalized spacial score (nSPS) is 17.5. The molecule has 0 fully saturated rings. The van der Waals surface area contributed by atoms with Gasteiger partial charge in [-0.3, -0.25) is 4.98 Å². The minimum Gasteiger partial charge on any atom is -0.312 e. The van der Waals surface area contributed by atoms with Crippen LogP contribution in [0.3, 0.4) is 0 Å². The molecule has 1 aliphatic carbocycles. The summed E-state index contributed by atoms with van der Waals surface area (Å²) in [7, 11) is 2.22. The van der Waals surface area contributed by atoms with Crippen LogP contribution >= 0.6 is 0 Å². The number of benzene rings is 1. The largest absolute Gasteiger partial charge is 0.312 e. The summed E-state index contributed by atoms with van der Waals surface area (Å²) < 4.78 is 2.49. The van der Waals surface area contributed by atoms with E-state index < -0.39 is 0 Å². The van der Waals surface area contributed by atoms with Gasteiger partial charge >= 0.3 is 0 Å². The third kappa shape index (κ3) is 2.41. The van der Waals surface area contributed by atoms with Gasteiger partial charge < -0.3 is 9.47 Å². The smallest absolute Gasteiger partial charge is 0.0645 e. The highest BCUT2D eigenvalue weighted by atomic mass is 15.1. The van der Waals surface area contributed by atoms with E-state index in [0.29, 0.717) is 0 Å². The van der Waals surface area contributed by atoms with Crippen molar-refractivity contribution in [3.05, 3.63) is 58.5 Å². The Labute approximate surface area is 149 Å². The zero-order valence-corrected chi connectivity index (χ0v) is 15.2. The van der Waals surface area contributed by atoms with Gasteiger partial charge in [0, 0.05) is 36.3 Å². The van der Waals surface area contributed by atoms with Crippen molar-refractivity contribution in [2.75, 3.05) is 13.6 Å². The van der Waals surface area contributed by atoms with Gasteiger partial charge in [-0.05, 0) is 69.0 Å². The van der Waals surface area contributed by atoms with Crippen molar-refractivity contribution in [2.24, 2.45) is 0 Å². The summed E-state index contributed by atoms with van der Waals surface area (Å²) in [6.07, 6.45) is 8.11. The van der Waals surface area contributed by atoms with Gasteiger partial charge in [-0.2, -0.15) is 0 Å². The van der Waals surface area contributed by atoms with Crippen LogP contribution in [0.25, 0.3) is 16.6 Å². The number of hydrogen-bond acceptors (Lipinski definition) is 2. The third-order valence-electron chi connectivity index (χ3n) is 5.91. The first-order valence-corrected chi connectivity index (χ1v) is 9.50. The van der Waals surface area contributed by atoms with Crippen molar-refractivity contribution in [3.8, 4) is 5.69 Å². The van der Waals surface area contributed by atoms with Crippen LogP contribution in [0.15, 0.2) is 30.5 Å². The second kappa shape index (κ2) is 5.70. The maximum atomic E-state index is 4.83. The van der Waals surface area contributed by atoms with Gasteiger partial charge in [0.25, 0.3) is 0 Å². The molecule has 2 aliphatic rings. The van der Waals surface area contributed by atoms with Crippen LogP contribution in [0.5, 0.6) is 0 Å². The van der Waals surface area contributed by atoms with Crippen LogP contribution in [0.2, 0.25) is 0 Å². The van der Waals surface area contributed by atoms with E-state index in [1.807, 2.05) is 0 Å². The molecule has 3 heterocycles. The molecule has 0 saturated carbocycles. The van der Waals surface area contributed by atoms with Crippen molar-refractivity contribution >= 4 is 10.9 Å². The summed E-state index contributed by atoms with van der Waals surface area (Å²) in [4.78, 5) is 7.26. The molecule has 0 saturated heterocycles. The summed E-state index contributed by atoms with van der Waals surface area (Å²) in [5, 5.41) is 1.42. The van der Waals surface area contributed by atoms with Gasteiger partial charge in [0.2, 0.25) is 0 Å². The molecule has 3 aromatic rings. The maximum absolute atomic E-state index is 4.83. The molecular formula is C22H25N3. The lowest BCUT2D eigenvalue weighted by Gasteiger charge is -2.24. The van der Waals surface area contributed by atoms with Crippen molar-refractivity contribution in [1.82, 2.24) is 14.5 Å². The fourth-order valence-electron chi connectivity index (χ4n) is 4.60. The Morgan fingerprint density at radius 3 is 2.84 bits per heavy atom. The van der Waals surface area contributed by atoms with Crippen LogP contribution in [-0.2, 0) is 25.8 Å². The molecule has 0 unspecified atom stereocenters. The highest BCUT2D eigenvalue weighted by Crippen LogP contribution is 2.34. The number of aryl methyl sites for hydroxylation is 3. The minimum absolute atomic E-state index is 1.04. The molecule has 0 spiro atoms. The standard InChI is InChI=1S/C22H25N3/c1-15-7-8-21-18(11-15)19-14-24(2)10-9-22(19)25(21)17-12-16-5-3-4-6-20(16)23-13-17/h7-8,11-13H,3-6,9-10,14H2,1-2H3. The molecule has 5 rings (SSSR count). The number of hydrogen-bond donors (Lipinski definition) is 0. The third-order valence-corrected chi connectivity index (χ3v) is 5.91. The molecule has 0 N–H and O–H groups in total. The Morgan fingerprint density at radius 2 is 1.92 bits per heavy atom. The van der Waals surface area contributed by atoms with E-state index >= 15 is 0 Å². The fourth-order valence-corrected chi connectivity index (χ4v) is 4.60. The molecule has 3 nitrogen and oxygen atoms in total. The fraction of sp³-hybridized carbons (Fsp3) is 0.409. The van der Waals surface area contributed by atoms with Crippen LogP contribution in [0, 0.1) is 6.92 Å². The molecule has 0 atom stereocenters. The zero-order valence-electron chi connectivity index (χ0n) is 15.2. The van der Waals surface area contributed by atoms with Crippen LogP contribution in [0.1, 0.15) is 40.9 Å². The number of fused-ring (bicyclic) bond motifs is 4. The van der Waals surface area contributed by atoms with Gasteiger partial charge in [0.15, 0.2) is 0 Å². The van der Waals surface area contributed by atoms with Gasteiger partial charge in [0.05, 0.1) is 17.4 Å². The van der Waals surface area contributed by atoms with E-state index in [4.69, 9.17) is 4.98 Å². The Kier molecular flexibility index (Phi) is 3.46. The first-order valence-electron chi connectivity index (χ1n) is 9.50. The number of pyridine rings is 1. The Morgan fingerprint density at radius 1 is 1.04 bits per heavy atom. The average molecular weight is 331 g/mol. The first-order chi connectivity index (χ1) is 12.2. The van der Waals surface area contributed by atoms with E-state index in [-0.39, 0.29) is 0 Å². The van der Waals surface area contributed by atoms with E-state index in [2.05, 4.69) is 53.9 Å². The molecule has 3 heteroatoms. The van der Waals surface area contributed by atoms with Gasteiger partial charge in [-0.1, -0.05) is 11.6 Å². The molecular weight excluding hydrogens is 306 g/mol. The Hall–Kier alpha value is -2.13. The number of aromatic nitrogens is 2. The lowest BCUT2D eigenvalue weighted by molar-refractivity contribution is 0.311. The summed E-state index contributed by atoms with van der Waals surface area (Å²) in [5.74, 6) is 0. The predicted molar refractivity (Wildman–Crippen MR) is 102 cm³/mol. The van der Waals surface area contributed by atoms with Gasteiger partial charge in [-0.15, -0.1) is 0 Å². The zero-order chi connectivity index (χ0) is 17.0. The number of rotatable bonds is 1. The maximum Gasteiger partial charge on any atom is 0.0645 e. The quantitative estimate of drug-likeness (QED) is 0.666. The van der Waals surface area contributed by atoms with E-state index in [1.54, 1.807) is 0 Å². The van der Waals surface area contributed by atoms with Crippen molar-refractivity contribution in [1.29, 1.82) is 0 Å². The number of likely N-dealkylation sites (N-methyl/N-ethyl adjacent to an activating group) is 1. The predicted octanol–water partition coefficient (Wildman–Crippen LogP) is 4.20. The SMILES string of the molecule is Cc1ccc2c(c1)c1c(n2-c2cnc3c(c2)CCCC3)CCN(C)C1. The second-order valence-corrected chi connectivity index (χ2v) is 7.78. The van der Waals surface area contributed by atoms with Gasteiger partial charge in [-0.25, -0.2) is 0 Å². The Balaban J connectivity index is 1.76. The van der Waals surface area contributed by atoms with Crippen LogP contribution < -0.4 is 0 Å². The molecule has 1 aliphatic heterocycles. The molecule has 0 bridgehead atoms. The van der Waals surface area contributed by atoms with Crippen LogP contribution in [-0.4, -0.2) is 28.0 Å². The van der Waals surface area contributed by atoms with Gasteiger partial charge in [0.1, 0.15) is 0 Å². The van der Waals surface area contributed by atoms with E-state index in [0.717, 1.165) is 25.9 Å². The van der Waals surface area contributed by atoms with Crippen LogP contribution in [0.4, 0.5) is 0 Å². The molecule has 128 valence electrons. The number of nitrogens with zero attached hydrogens (tertiary/aromatic N) is 3. The molecule has 0 radical (unpaired) electrons. The molecule has 2 aromatic heterocycles. The molecule has 1 aromatic carbocycles. The topological polar surface area (TPSA) is 21.1 Å². The highest BCUT2D eigenvalue weighted by molar-refractivity contribution is 5.88. The average Bonchev–Trinajstić information content (AvgIpc) is 2.94. The summed E-state index contributed by atoms with van der Waals surface area (Å²) in [5.41, 5.74) is 9.68. The second-order valence-electron chi connectivity index (χ2n) is 7.78. The Bertz CT molecular complexity index is 967. The minimum atomic E-state index is 1.04. The monoisotopic (exact) mass is 331 g/mol. The van der Waals surface area contributed by atoms with Crippen molar-refractivity contribution in [3.63, 3.8) is 0 Å². The molecule has 25 heavy (non-hydrogen) atoms.